The van der Waals surface area contributed by atoms with Gasteiger partial charge in [-0.3, -0.25) is 0 Å². The first kappa shape index (κ1) is 7.82. The summed E-state index contributed by atoms with van der Waals surface area (Å²) in [6.45, 7) is 0. The zero-order chi connectivity index (χ0) is 8.55. The quantitative estimate of drug-likeness (QED) is 0.780. The highest BCUT2D eigenvalue weighted by Gasteiger charge is 2.10. The van der Waals surface area contributed by atoms with Crippen LogP contribution in [0.3, 0.4) is 0 Å². The Hall–Kier alpha value is -0.810. The van der Waals surface area contributed by atoms with E-state index in [2.05, 4.69) is 26.1 Å². The molecule has 0 N–H and O–H groups in total. The molecule has 0 aromatic carbocycles. The van der Waals surface area contributed by atoms with Crippen LogP contribution in [0.15, 0.2) is 25.7 Å². The molecule has 0 spiro atoms. The van der Waals surface area contributed by atoms with Crippen molar-refractivity contribution in [3.63, 3.8) is 0 Å². The standard InChI is InChI=1S/C6H2BrClN2O2/c7-4-2-1-3(11-4)5-9-6(8)10-12-5/h1-2H. The van der Waals surface area contributed by atoms with Gasteiger partial charge in [-0.2, -0.15) is 4.98 Å². The third-order valence-corrected chi connectivity index (χ3v) is 1.76. The van der Waals surface area contributed by atoms with Crippen molar-refractivity contribution in [2.24, 2.45) is 0 Å². The third-order valence-electron chi connectivity index (χ3n) is 1.19. The van der Waals surface area contributed by atoms with Gasteiger partial charge in [0.1, 0.15) is 0 Å². The van der Waals surface area contributed by atoms with Crippen LogP contribution in [0, 0.1) is 0 Å². The largest absolute Gasteiger partial charge is 0.444 e. The van der Waals surface area contributed by atoms with Crippen LogP contribution in [0.25, 0.3) is 11.7 Å². The van der Waals surface area contributed by atoms with Crippen LogP contribution < -0.4 is 0 Å². The maximum Gasteiger partial charge on any atom is 0.294 e. The van der Waals surface area contributed by atoms with E-state index in [0.717, 1.165) is 0 Å². The van der Waals surface area contributed by atoms with Crippen LogP contribution in [-0.4, -0.2) is 10.1 Å². The van der Waals surface area contributed by atoms with Crippen molar-refractivity contribution in [1.29, 1.82) is 0 Å². The van der Waals surface area contributed by atoms with Crippen LogP contribution in [0.4, 0.5) is 0 Å². The van der Waals surface area contributed by atoms with Gasteiger partial charge in [-0.15, -0.1) is 0 Å². The lowest BCUT2D eigenvalue weighted by Crippen LogP contribution is -1.69. The maximum absolute atomic E-state index is 5.45. The monoisotopic (exact) mass is 248 g/mol. The van der Waals surface area contributed by atoms with Gasteiger partial charge >= 0.3 is 0 Å². The normalized spacial score (nSPS) is 10.5. The van der Waals surface area contributed by atoms with E-state index in [1.807, 2.05) is 0 Å². The first-order chi connectivity index (χ1) is 5.75. The Kier molecular flexibility index (Phi) is 1.90. The molecule has 0 amide bonds. The van der Waals surface area contributed by atoms with Gasteiger partial charge in [0.15, 0.2) is 10.4 Å². The smallest absolute Gasteiger partial charge is 0.294 e. The second kappa shape index (κ2) is 2.91. The predicted molar refractivity (Wildman–Crippen MR) is 44.7 cm³/mol. The van der Waals surface area contributed by atoms with Gasteiger partial charge in [-0.25, -0.2) is 0 Å². The molecule has 0 unspecified atom stereocenters. The van der Waals surface area contributed by atoms with Gasteiger partial charge in [0.25, 0.3) is 11.2 Å². The highest BCUT2D eigenvalue weighted by molar-refractivity contribution is 9.10. The van der Waals surface area contributed by atoms with Crippen LogP contribution >= 0.6 is 27.5 Å². The number of hydrogen-bond acceptors (Lipinski definition) is 4. The Bertz CT molecular complexity index is 359. The average Bonchev–Trinajstić information content (AvgIpc) is 2.58. The fourth-order valence-corrected chi connectivity index (χ4v) is 1.15. The fourth-order valence-electron chi connectivity index (χ4n) is 0.735. The van der Waals surface area contributed by atoms with E-state index < -0.39 is 0 Å². The summed E-state index contributed by atoms with van der Waals surface area (Å²) in [5.74, 6) is 0.756. The second-order valence-electron chi connectivity index (χ2n) is 1.97. The van der Waals surface area contributed by atoms with Gasteiger partial charge in [0, 0.05) is 0 Å². The highest BCUT2D eigenvalue weighted by Crippen LogP contribution is 2.23. The van der Waals surface area contributed by atoms with E-state index in [0.29, 0.717) is 10.4 Å². The SMILES string of the molecule is Clc1noc(-c2ccc(Br)o2)n1. The molecule has 0 bridgehead atoms. The number of nitrogens with zero attached hydrogens (tertiary/aromatic N) is 2. The van der Waals surface area contributed by atoms with E-state index in [4.69, 9.17) is 20.5 Å². The van der Waals surface area contributed by atoms with Crippen molar-refractivity contribution in [2.45, 2.75) is 0 Å². The third kappa shape index (κ3) is 1.37. The molecule has 4 nitrogen and oxygen atoms in total. The first-order valence-corrected chi connectivity index (χ1v) is 4.18. The Morgan fingerprint density at radius 2 is 2.25 bits per heavy atom. The number of furan rings is 1. The molecular formula is C6H2BrClN2O2. The maximum atomic E-state index is 5.45. The molecule has 2 aromatic heterocycles. The van der Waals surface area contributed by atoms with Gasteiger partial charge in [-0.05, 0) is 44.8 Å². The molecular weight excluding hydrogens is 247 g/mol. The summed E-state index contributed by atoms with van der Waals surface area (Å²) in [5, 5.41) is 3.47. The van der Waals surface area contributed by atoms with Crippen molar-refractivity contribution in [3.8, 4) is 11.7 Å². The van der Waals surface area contributed by atoms with Crippen LogP contribution in [0.5, 0.6) is 0 Å². The van der Waals surface area contributed by atoms with Crippen LogP contribution in [0.2, 0.25) is 5.28 Å². The van der Waals surface area contributed by atoms with Gasteiger partial charge < -0.3 is 8.94 Å². The fraction of sp³-hybridized carbons (Fsp3) is 0. The summed E-state index contributed by atoms with van der Waals surface area (Å²) < 4.78 is 10.5. The molecule has 2 aromatic rings. The van der Waals surface area contributed by atoms with Crippen molar-refractivity contribution in [1.82, 2.24) is 10.1 Å². The Morgan fingerprint density at radius 3 is 2.75 bits per heavy atom. The van der Waals surface area contributed by atoms with Gasteiger partial charge in [0.05, 0.1) is 0 Å². The lowest BCUT2D eigenvalue weighted by Gasteiger charge is -1.82. The van der Waals surface area contributed by atoms with E-state index >= 15 is 0 Å². The molecule has 0 atom stereocenters. The van der Waals surface area contributed by atoms with E-state index in [9.17, 15) is 0 Å². The van der Waals surface area contributed by atoms with E-state index in [1.54, 1.807) is 12.1 Å². The summed E-state index contributed by atoms with van der Waals surface area (Å²) in [6, 6.07) is 3.43. The highest BCUT2D eigenvalue weighted by atomic mass is 79.9. The number of hydrogen-bond donors (Lipinski definition) is 0. The Labute approximate surface area is 80.6 Å². The number of rotatable bonds is 1. The summed E-state index contributed by atoms with van der Waals surface area (Å²) in [6.07, 6.45) is 0. The molecule has 0 saturated heterocycles. The average molecular weight is 249 g/mol. The molecule has 0 aliphatic carbocycles. The summed E-state index contributed by atoms with van der Waals surface area (Å²) in [7, 11) is 0. The van der Waals surface area contributed by atoms with Gasteiger partial charge in [-0.1, -0.05) is 0 Å². The van der Waals surface area contributed by atoms with Crippen molar-refractivity contribution in [3.05, 3.63) is 22.1 Å². The molecule has 12 heavy (non-hydrogen) atoms. The zero-order valence-corrected chi connectivity index (χ0v) is 7.96. The first-order valence-electron chi connectivity index (χ1n) is 3.00. The van der Waals surface area contributed by atoms with Crippen molar-refractivity contribution in [2.75, 3.05) is 0 Å². The van der Waals surface area contributed by atoms with E-state index in [1.165, 1.54) is 0 Å². The summed E-state index contributed by atoms with van der Waals surface area (Å²) in [4.78, 5) is 3.77. The van der Waals surface area contributed by atoms with Crippen molar-refractivity contribution < 1.29 is 8.94 Å². The summed E-state index contributed by atoms with van der Waals surface area (Å²) >= 11 is 8.59. The number of halogens is 2. The molecule has 0 fully saturated rings. The number of aromatic nitrogens is 2. The molecule has 0 radical (unpaired) electrons. The van der Waals surface area contributed by atoms with Crippen LogP contribution in [0.1, 0.15) is 0 Å². The Balaban J connectivity index is 2.43. The molecule has 2 heterocycles. The predicted octanol–water partition coefficient (Wildman–Crippen LogP) is 2.75. The van der Waals surface area contributed by atoms with E-state index in [-0.39, 0.29) is 11.2 Å². The topological polar surface area (TPSA) is 52.1 Å². The molecule has 6 heteroatoms. The minimum absolute atomic E-state index is 0.0672. The molecule has 0 aliphatic heterocycles. The summed E-state index contributed by atoms with van der Waals surface area (Å²) in [5.41, 5.74) is 0. The lowest BCUT2D eigenvalue weighted by molar-refractivity contribution is 0.413. The molecule has 62 valence electrons. The molecule has 0 aliphatic rings. The zero-order valence-electron chi connectivity index (χ0n) is 5.62. The van der Waals surface area contributed by atoms with Crippen molar-refractivity contribution >= 4 is 27.5 Å². The van der Waals surface area contributed by atoms with Crippen LogP contribution in [-0.2, 0) is 0 Å². The van der Waals surface area contributed by atoms with Gasteiger partial charge in [0.2, 0.25) is 0 Å². The second-order valence-corrected chi connectivity index (χ2v) is 3.09. The lowest BCUT2D eigenvalue weighted by atomic mass is 10.4. The Morgan fingerprint density at radius 1 is 1.42 bits per heavy atom. The minimum Gasteiger partial charge on any atom is -0.444 e. The molecule has 2 rings (SSSR count). The molecule has 0 saturated carbocycles. The minimum atomic E-state index is 0.0672.